The first kappa shape index (κ1) is 14.6. The van der Waals surface area contributed by atoms with E-state index in [0.717, 1.165) is 28.2 Å². The minimum atomic E-state index is 0. The van der Waals surface area contributed by atoms with Crippen molar-refractivity contribution in [1.82, 2.24) is 19.7 Å². The van der Waals surface area contributed by atoms with Crippen LogP contribution in [0.3, 0.4) is 0 Å². The Hall–Kier alpha value is -2.30. The number of rotatable bonds is 2. The summed E-state index contributed by atoms with van der Waals surface area (Å²) in [6.07, 6.45) is 1.69. The fourth-order valence-corrected chi connectivity index (χ4v) is 2.31. The van der Waals surface area contributed by atoms with Crippen LogP contribution in [0.25, 0.3) is 28.2 Å². The number of hydrogen-bond donors (Lipinski definition) is 0. The molecule has 5 nitrogen and oxygen atoms in total. The van der Waals surface area contributed by atoms with Crippen LogP contribution >= 0.6 is 0 Å². The van der Waals surface area contributed by atoms with E-state index in [-0.39, 0.29) is 20.1 Å². The van der Waals surface area contributed by atoms with Gasteiger partial charge in [0.2, 0.25) is 0 Å². The Morgan fingerprint density at radius 3 is 2.82 bits per heavy atom. The summed E-state index contributed by atoms with van der Waals surface area (Å²) >= 11 is 0. The minimum absolute atomic E-state index is 0. The molecule has 2 heterocycles. The molecule has 1 radical (unpaired) electrons. The Balaban J connectivity index is 0.00000144. The van der Waals surface area contributed by atoms with E-state index < -0.39 is 0 Å². The maximum atomic E-state index is 5.56. The normalized spacial score (nSPS) is 10.6. The third-order valence-electron chi connectivity index (χ3n) is 3.25. The van der Waals surface area contributed by atoms with Gasteiger partial charge < -0.3 is 8.98 Å². The topological polar surface area (TPSA) is 56.7 Å². The van der Waals surface area contributed by atoms with Gasteiger partial charge in [-0.25, -0.2) is 0 Å². The number of benzene rings is 2. The van der Waals surface area contributed by atoms with Crippen molar-refractivity contribution in [3.05, 3.63) is 60.7 Å². The predicted octanol–water partition coefficient (Wildman–Crippen LogP) is 3.18. The molecule has 2 aromatic heterocycles. The zero-order chi connectivity index (χ0) is 14.2. The van der Waals surface area contributed by atoms with E-state index >= 15 is 0 Å². The molecule has 0 fully saturated rings. The van der Waals surface area contributed by atoms with E-state index in [1.807, 2.05) is 54.0 Å². The van der Waals surface area contributed by atoms with Gasteiger partial charge in [0.1, 0.15) is 6.33 Å². The molecule has 0 bridgehead atoms. The van der Waals surface area contributed by atoms with E-state index in [1.165, 1.54) is 0 Å². The van der Waals surface area contributed by atoms with Crippen LogP contribution in [0.15, 0.2) is 53.2 Å². The summed E-state index contributed by atoms with van der Waals surface area (Å²) < 4.78 is 7.48. The molecule has 0 amide bonds. The first-order chi connectivity index (χ1) is 10.3. The van der Waals surface area contributed by atoms with Crippen LogP contribution in [0.1, 0.15) is 5.89 Å². The second-order valence-electron chi connectivity index (χ2n) is 4.69. The molecule has 111 valence electrons. The van der Waals surface area contributed by atoms with Crippen molar-refractivity contribution in [2.75, 3.05) is 0 Å². The molecule has 0 atom stereocenters. The fraction of sp³-hybridized carbons (Fsp3) is 0.0625. The van der Waals surface area contributed by atoms with Gasteiger partial charge in [-0.15, -0.1) is 22.8 Å². The average molecular weight is 468 g/mol. The Bertz CT molecular complexity index is 914. The smallest absolute Gasteiger partial charge is 0.180 e. The van der Waals surface area contributed by atoms with Crippen LogP contribution in [-0.4, -0.2) is 19.7 Å². The fourth-order valence-electron chi connectivity index (χ4n) is 2.31. The van der Waals surface area contributed by atoms with Crippen molar-refractivity contribution < 1.29 is 24.5 Å². The molecule has 6 heteroatoms. The quantitative estimate of drug-likeness (QED) is 0.425. The van der Waals surface area contributed by atoms with Crippen molar-refractivity contribution >= 4 is 11.1 Å². The zero-order valence-electron chi connectivity index (χ0n) is 11.6. The van der Waals surface area contributed by atoms with Gasteiger partial charge in [-0.3, -0.25) is 4.98 Å². The van der Waals surface area contributed by atoms with Gasteiger partial charge in [0.05, 0.1) is 11.4 Å². The van der Waals surface area contributed by atoms with Crippen molar-refractivity contribution in [3.8, 4) is 17.1 Å². The van der Waals surface area contributed by atoms with Gasteiger partial charge in [-0.05, 0) is 12.1 Å². The molecular weight excluding hydrogens is 456 g/mol. The number of aryl methyl sites for hydroxylation is 1. The molecule has 0 aliphatic heterocycles. The van der Waals surface area contributed by atoms with Gasteiger partial charge in [-0.1, -0.05) is 24.3 Å². The van der Waals surface area contributed by atoms with Crippen LogP contribution in [0, 0.1) is 13.0 Å². The Labute approximate surface area is 140 Å². The first-order valence-corrected chi connectivity index (χ1v) is 6.56. The van der Waals surface area contributed by atoms with Crippen molar-refractivity contribution in [1.29, 1.82) is 0 Å². The van der Waals surface area contributed by atoms with E-state index in [4.69, 9.17) is 4.42 Å². The molecule has 4 aromatic rings. The third-order valence-corrected chi connectivity index (χ3v) is 3.25. The van der Waals surface area contributed by atoms with Crippen molar-refractivity contribution in [2.45, 2.75) is 6.92 Å². The summed E-state index contributed by atoms with van der Waals surface area (Å²) in [6, 6.07) is 16.8. The van der Waals surface area contributed by atoms with Crippen LogP contribution in [0.4, 0.5) is 0 Å². The predicted molar refractivity (Wildman–Crippen MR) is 77.9 cm³/mol. The molecule has 0 unspecified atom stereocenters. The Kier molecular flexibility index (Phi) is 3.88. The second-order valence-corrected chi connectivity index (χ2v) is 4.69. The van der Waals surface area contributed by atoms with Gasteiger partial charge in [-0.2, -0.15) is 5.10 Å². The van der Waals surface area contributed by atoms with Gasteiger partial charge in [0, 0.05) is 38.2 Å². The average Bonchev–Trinajstić information content (AvgIpc) is 3.12. The molecule has 0 spiro atoms. The number of nitrogens with zero attached hydrogens (tertiary/aromatic N) is 4. The number of aromatic nitrogens is 4. The molecule has 22 heavy (non-hydrogen) atoms. The number of fused-ring (bicyclic) bond motifs is 1. The van der Waals surface area contributed by atoms with Crippen molar-refractivity contribution in [2.24, 2.45) is 0 Å². The monoisotopic (exact) mass is 468 g/mol. The summed E-state index contributed by atoms with van der Waals surface area (Å²) in [7, 11) is 0. The summed E-state index contributed by atoms with van der Waals surface area (Å²) in [4.78, 5) is 4.28. The SMILES string of the molecule is Cc1nc2c[c-]c(-c3nncn3-c3ccccc3)cc2o1.[Ir]. The van der Waals surface area contributed by atoms with Crippen LogP contribution in [0.5, 0.6) is 0 Å². The molecule has 4 rings (SSSR count). The van der Waals surface area contributed by atoms with Gasteiger partial charge in [0.15, 0.2) is 5.89 Å². The van der Waals surface area contributed by atoms with Gasteiger partial charge in [0.25, 0.3) is 0 Å². The Morgan fingerprint density at radius 2 is 2.00 bits per heavy atom. The van der Waals surface area contributed by atoms with E-state index in [2.05, 4.69) is 21.2 Å². The van der Waals surface area contributed by atoms with E-state index in [1.54, 1.807) is 6.33 Å². The maximum Gasteiger partial charge on any atom is 0.180 e. The van der Waals surface area contributed by atoms with Crippen molar-refractivity contribution in [3.63, 3.8) is 0 Å². The number of hydrogen-bond acceptors (Lipinski definition) is 4. The zero-order valence-corrected chi connectivity index (χ0v) is 14.0. The molecule has 0 N–H and O–H groups in total. The maximum absolute atomic E-state index is 5.56. The summed E-state index contributed by atoms with van der Waals surface area (Å²) in [5.41, 5.74) is 3.34. The number of para-hydroxylation sites is 1. The molecular formula is C16H11IrN4O-. The standard InChI is InChI=1S/C16H11N4O.Ir/c1-11-18-14-8-7-12(9-15(14)21-11)16-19-17-10-20(16)13-5-3-2-4-6-13;/h2-6,8-10H,1H3;/q-1;. The van der Waals surface area contributed by atoms with Crippen LogP contribution in [0.2, 0.25) is 0 Å². The summed E-state index contributed by atoms with van der Waals surface area (Å²) in [5, 5.41) is 8.20. The number of oxazole rings is 1. The van der Waals surface area contributed by atoms with Crippen LogP contribution in [-0.2, 0) is 20.1 Å². The molecule has 2 aromatic carbocycles. The molecule has 0 aliphatic rings. The summed E-state index contributed by atoms with van der Waals surface area (Å²) in [5.74, 6) is 1.36. The van der Waals surface area contributed by atoms with E-state index in [0.29, 0.717) is 5.89 Å². The van der Waals surface area contributed by atoms with Crippen LogP contribution < -0.4 is 0 Å². The second kappa shape index (κ2) is 5.83. The Morgan fingerprint density at radius 1 is 1.18 bits per heavy atom. The van der Waals surface area contributed by atoms with E-state index in [9.17, 15) is 0 Å². The first-order valence-electron chi connectivity index (χ1n) is 6.56. The largest absolute Gasteiger partial charge is 0.461 e. The third kappa shape index (κ3) is 2.47. The minimum Gasteiger partial charge on any atom is -0.461 e. The molecule has 0 saturated carbocycles. The summed E-state index contributed by atoms with van der Waals surface area (Å²) in [6.45, 7) is 1.83. The molecule has 0 saturated heterocycles. The van der Waals surface area contributed by atoms with Gasteiger partial charge >= 0.3 is 0 Å². The molecule has 0 aliphatic carbocycles.